The van der Waals surface area contributed by atoms with Crippen molar-refractivity contribution in [1.29, 1.82) is 0 Å². The van der Waals surface area contributed by atoms with Gasteiger partial charge in [0.1, 0.15) is 0 Å². The molecule has 1 nitrogen and oxygen atoms in total. The first-order valence-corrected chi connectivity index (χ1v) is 11.1. The zero-order chi connectivity index (χ0) is 13.5. The summed E-state index contributed by atoms with van der Waals surface area (Å²) in [6, 6.07) is 10.2. The second-order valence-corrected chi connectivity index (χ2v) is 12.3. The lowest BCUT2D eigenvalue weighted by Crippen LogP contribution is -2.53. The highest BCUT2D eigenvalue weighted by atomic mass is 28.3. The molecule has 2 aliphatic rings. The van der Waals surface area contributed by atoms with E-state index in [9.17, 15) is 5.11 Å². The van der Waals surface area contributed by atoms with Crippen molar-refractivity contribution in [2.75, 3.05) is 0 Å². The summed E-state index contributed by atoms with van der Waals surface area (Å²) in [6.45, 7) is 4.97. The van der Waals surface area contributed by atoms with Crippen LogP contribution in [0.4, 0.5) is 0 Å². The Morgan fingerprint density at radius 1 is 1.11 bits per heavy atom. The number of aliphatic hydroxyl groups is 1. The smallest absolute Gasteiger partial charge is 0.0692 e. The van der Waals surface area contributed by atoms with Crippen molar-refractivity contribution in [3.63, 3.8) is 0 Å². The first kappa shape index (κ1) is 13.4. The van der Waals surface area contributed by atoms with Crippen LogP contribution in [-0.4, -0.2) is 18.8 Å². The number of hydrogen-bond acceptors (Lipinski definition) is 1. The summed E-state index contributed by atoms with van der Waals surface area (Å²) >= 11 is 0. The fourth-order valence-corrected chi connectivity index (χ4v) is 8.60. The van der Waals surface area contributed by atoms with Gasteiger partial charge in [-0.05, 0) is 30.4 Å². The van der Waals surface area contributed by atoms with Crippen molar-refractivity contribution in [3.05, 3.63) is 35.4 Å². The Morgan fingerprint density at radius 3 is 2.53 bits per heavy atom. The Labute approximate surface area is 118 Å². The molecule has 0 radical (unpaired) electrons. The fraction of sp³-hybridized carbons (Fsp3) is 0.647. The van der Waals surface area contributed by atoms with Crippen molar-refractivity contribution in [3.8, 4) is 0 Å². The molecule has 2 heteroatoms. The van der Waals surface area contributed by atoms with Crippen LogP contribution < -0.4 is 0 Å². The standard InChI is InChI=1S/C17H26OSi/c1-19(2)13-10-14-8-4-5-9-15(14)16(19)17(18)11-6-3-7-12-17/h4-5,8-9,16,18H,3,6-7,10-13H2,1-2H3. The summed E-state index contributed by atoms with van der Waals surface area (Å²) in [5.74, 6) is 0. The molecule has 1 aliphatic carbocycles. The molecule has 1 heterocycles. The van der Waals surface area contributed by atoms with Crippen LogP contribution in [0.3, 0.4) is 0 Å². The van der Waals surface area contributed by atoms with Gasteiger partial charge in [-0.25, -0.2) is 0 Å². The number of rotatable bonds is 1. The molecule has 1 aromatic carbocycles. The van der Waals surface area contributed by atoms with Gasteiger partial charge in [-0.3, -0.25) is 0 Å². The van der Waals surface area contributed by atoms with Gasteiger partial charge in [-0.1, -0.05) is 62.7 Å². The van der Waals surface area contributed by atoms with Crippen LogP contribution in [0.1, 0.15) is 48.8 Å². The Hall–Kier alpha value is -0.603. The van der Waals surface area contributed by atoms with Gasteiger partial charge >= 0.3 is 0 Å². The molecule has 1 aromatic rings. The van der Waals surface area contributed by atoms with E-state index in [0.29, 0.717) is 5.54 Å². The molecular weight excluding hydrogens is 248 g/mol. The van der Waals surface area contributed by atoms with Crippen LogP contribution in [0.15, 0.2) is 24.3 Å². The van der Waals surface area contributed by atoms with Gasteiger partial charge in [-0.2, -0.15) is 0 Å². The third-order valence-electron chi connectivity index (χ3n) is 5.44. The van der Waals surface area contributed by atoms with Gasteiger partial charge in [0.05, 0.1) is 13.7 Å². The van der Waals surface area contributed by atoms with Crippen LogP contribution in [0.5, 0.6) is 0 Å². The quantitative estimate of drug-likeness (QED) is 0.758. The molecule has 0 bridgehead atoms. The third-order valence-corrected chi connectivity index (χ3v) is 9.39. The largest absolute Gasteiger partial charge is 0.390 e. The minimum absolute atomic E-state index is 0.412. The Kier molecular flexibility index (Phi) is 3.34. The topological polar surface area (TPSA) is 20.2 Å². The van der Waals surface area contributed by atoms with Crippen LogP contribution in [0.25, 0.3) is 0 Å². The van der Waals surface area contributed by atoms with E-state index < -0.39 is 13.7 Å². The van der Waals surface area contributed by atoms with E-state index in [1.54, 1.807) is 0 Å². The zero-order valence-electron chi connectivity index (χ0n) is 12.3. The second-order valence-electron chi connectivity index (χ2n) is 7.28. The van der Waals surface area contributed by atoms with E-state index in [0.717, 1.165) is 12.8 Å². The van der Waals surface area contributed by atoms with Crippen molar-refractivity contribution < 1.29 is 5.11 Å². The molecule has 1 N–H and O–H groups in total. The van der Waals surface area contributed by atoms with Gasteiger partial charge in [-0.15, -0.1) is 0 Å². The summed E-state index contributed by atoms with van der Waals surface area (Å²) < 4.78 is 0. The highest BCUT2D eigenvalue weighted by Gasteiger charge is 2.49. The van der Waals surface area contributed by atoms with Gasteiger partial charge in [0.15, 0.2) is 0 Å². The first-order chi connectivity index (χ1) is 9.03. The normalized spacial score (nSPS) is 28.7. The first-order valence-electron chi connectivity index (χ1n) is 7.83. The highest BCUT2D eigenvalue weighted by molar-refractivity contribution is 6.79. The summed E-state index contributed by atoms with van der Waals surface area (Å²) in [6.07, 6.45) is 6.98. The van der Waals surface area contributed by atoms with Gasteiger partial charge in [0.25, 0.3) is 0 Å². The van der Waals surface area contributed by atoms with Crippen LogP contribution in [0, 0.1) is 0 Å². The molecule has 0 saturated heterocycles. The van der Waals surface area contributed by atoms with E-state index in [2.05, 4.69) is 37.4 Å². The Balaban J connectivity index is 2.05. The lowest BCUT2D eigenvalue weighted by molar-refractivity contribution is -0.00417. The Bertz CT molecular complexity index is 460. The predicted molar refractivity (Wildman–Crippen MR) is 83.2 cm³/mol. The van der Waals surface area contributed by atoms with E-state index >= 15 is 0 Å². The van der Waals surface area contributed by atoms with E-state index in [4.69, 9.17) is 0 Å². The Morgan fingerprint density at radius 2 is 1.79 bits per heavy atom. The number of aryl methyl sites for hydroxylation is 1. The number of benzene rings is 1. The van der Waals surface area contributed by atoms with Crippen molar-refractivity contribution >= 4 is 8.07 Å². The van der Waals surface area contributed by atoms with Crippen molar-refractivity contribution in [2.45, 2.75) is 68.8 Å². The lowest BCUT2D eigenvalue weighted by Gasteiger charge is -2.49. The highest BCUT2D eigenvalue weighted by Crippen LogP contribution is 2.49. The van der Waals surface area contributed by atoms with Gasteiger partial charge in [0.2, 0.25) is 0 Å². The predicted octanol–water partition coefficient (Wildman–Crippen LogP) is 4.27. The minimum atomic E-state index is -1.38. The van der Waals surface area contributed by atoms with Crippen molar-refractivity contribution in [2.24, 2.45) is 0 Å². The molecule has 0 spiro atoms. The molecule has 1 fully saturated rings. The molecule has 1 aliphatic heterocycles. The summed E-state index contributed by atoms with van der Waals surface area (Å²) in [5.41, 5.74) is 3.02. The summed E-state index contributed by atoms with van der Waals surface area (Å²) in [4.78, 5) is 0. The maximum absolute atomic E-state index is 11.3. The number of fused-ring (bicyclic) bond motifs is 1. The molecule has 0 amide bonds. The van der Waals surface area contributed by atoms with E-state index in [1.807, 2.05) is 0 Å². The summed E-state index contributed by atoms with van der Waals surface area (Å²) in [5, 5.41) is 11.3. The van der Waals surface area contributed by atoms with Crippen LogP contribution >= 0.6 is 0 Å². The average Bonchev–Trinajstić information content (AvgIpc) is 2.38. The van der Waals surface area contributed by atoms with E-state index in [1.165, 1.54) is 42.9 Å². The van der Waals surface area contributed by atoms with Gasteiger partial charge in [0, 0.05) is 5.54 Å². The maximum atomic E-state index is 11.3. The lowest BCUT2D eigenvalue weighted by atomic mass is 9.78. The maximum Gasteiger partial charge on any atom is 0.0692 e. The second kappa shape index (κ2) is 4.74. The van der Waals surface area contributed by atoms with Crippen LogP contribution in [-0.2, 0) is 6.42 Å². The van der Waals surface area contributed by atoms with Crippen molar-refractivity contribution in [1.82, 2.24) is 0 Å². The van der Waals surface area contributed by atoms with Gasteiger partial charge < -0.3 is 5.11 Å². The number of hydrogen-bond donors (Lipinski definition) is 1. The third kappa shape index (κ3) is 2.29. The molecule has 1 atom stereocenters. The monoisotopic (exact) mass is 274 g/mol. The molecule has 0 aromatic heterocycles. The molecule has 3 rings (SSSR count). The molecule has 1 unspecified atom stereocenters. The molecule has 1 saturated carbocycles. The van der Waals surface area contributed by atoms with Crippen LogP contribution in [0.2, 0.25) is 19.1 Å². The zero-order valence-corrected chi connectivity index (χ0v) is 13.3. The molecule has 104 valence electrons. The minimum Gasteiger partial charge on any atom is -0.390 e. The molecular formula is C17H26OSi. The summed E-state index contributed by atoms with van der Waals surface area (Å²) in [7, 11) is -1.38. The SMILES string of the molecule is C[Si]1(C)CCc2ccccc2C1C1(O)CCCCC1. The molecule has 19 heavy (non-hydrogen) atoms. The fourth-order valence-electron chi connectivity index (χ4n) is 4.54. The average molecular weight is 274 g/mol. The van der Waals surface area contributed by atoms with E-state index in [-0.39, 0.29) is 0 Å².